The molecule has 1 saturated heterocycles. The lowest BCUT2D eigenvalue weighted by atomic mass is 9.86. The quantitative estimate of drug-likeness (QED) is 0.786. The van der Waals surface area contributed by atoms with Crippen LogP contribution in [0, 0.1) is 5.92 Å². The summed E-state index contributed by atoms with van der Waals surface area (Å²) >= 11 is 0. The Labute approximate surface area is 149 Å². The number of hydrogen-bond donors (Lipinski definition) is 0. The number of amides is 2. The van der Waals surface area contributed by atoms with Gasteiger partial charge in [-0.15, -0.1) is 0 Å². The molecule has 0 N–H and O–H groups in total. The minimum Gasteiger partial charge on any atom is -0.444 e. The first kappa shape index (κ1) is 19.2. The molecule has 6 heteroatoms. The number of piperidine rings is 1. The number of ether oxygens (including phenoxy) is 1. The number of hydrogen-bond acceptors (Lipinski definition) is 4. The smallest absolute Gasteiger partial charge is 0.410 e. The maximum atomic E-state index is 12.6. The largest absolute Gasteiger partial charge is 0.444 e. The molecule has 2 rings (SSSR count). The van der Waals surface area contributed by atoms with Gasteiger partial charge in [-0.2, -0.15) is 0 Å². The van der Waals surface area contributed by atoms with Crippen LogP contribution in [0.2, 0.25) is 0 Å². The van der Waals surface area contributed by atoms with Crippen molar-refractivity contribution in [3.63, 3.8) is 0 Å². The van der Waals surface area contributed by atoms with Gasteiger partial charge in [0.1, 0.15) is 5.60 Å². The zero-order chi connectivity index (χ0) is 18.6. The minimum absolute atomic E-state index is 0.0627. The van der Waals surface area contributed by atoms with Crippen molar-refractivity contribution in [2.24, 2.45) is 5.92 Å². The first-order chi connectivity index (χ1) is 11.7. The van der Waals surface area contributed by atoms with E-state index in [1.54, 1.807) is 11.9 Å². The maximum Gasteiger partial charge on any atom is 0.410 e. The van der Waals surface area contributed by atoms with Gasteiger partial charge in [0, 0.05) is 19.5 Å². The topological polar surface area (TPSA) is 59.1 Å². The average molecular weight is 348 g/mol. The average Bonchev–Trinajstić information content (AvgIpc) is 2.59. The normalized spacial score (nSPS) is 20.9. The summed E-state index contributed by atoms with van der Waals surface area (Å²) in [4.78, 5) is 31.9. The predicted molar refractivity (Wildman–Crippen MR) is 94.6 cm³/mol. The molecule has 1 heterocycles. The van der Waals surface area contributed by atoms with Crippen molar-refractivity contribution in [2.45, 2.75) is 45.3 Å². The van der Waals surface area contributed by atoms with Gasteiger partial charge in [0.2, 0.25) is 5.91 Å². The summed E-state index contributed by atoms with van der Waals surface area (Å²) in [5.74, 6) is -0.249. The molecule has 0 spiro atoms. The van der Waals surface area contributed by atoms with Gasteiger partial charge in [-0.05, 0) is 39.2 Å². The number of carbonyl (C=O) groups excluding carboxylic acids is 2. The summed E-state index contributed by atoms with van der Waals surface area (Å²) in [6.07, 6.45) is 0.803. The van der Waals surface area contributed by atoms with Gasteiger partial charge in [0.25, 0.3) is 0 Å². The van der Waals surface area contributed by atoms with E-state index < -0.39 is 5.60 Å². The van der Waals surface area contributed by atoms with Crippen LogP contribution < -0.4 is 0 Å². The Hall–Kier alpha value is -2.08. The van der Waals surface area contributed by atoms with Crippen molar-refractivity contribution in [1.29, 1.82) is 0 Å². The van der Waals surface area contributed by atoms with Gasteiger partial charge >= 0.3 is 6.09 Å². The van der Waals surface area contributed by atoms with E-state index in [1.165, 1.54) is 12.2 Å². The van der Waals surface area contributed by atoms with Gasteiger partial charge in [0.05, 0.1) is 13.2 Å². The molecule has 0 saturated carbocycles. The third-order valence-corrected chi connectivity index (χ3v) is 4.35. The summed E-state index contributed by atoms with van der Waals surface area (Å²) < 4.78 is 5.56. The Bertz CT molecular complexity index is 597. The summed E-state index contributed by atoms with van der Waals surface area (Å²) in [7, 11) is 3.09. The van der Waals surface area contributed by atoms with Gasteiger partial charge in [0.15, 0.2) is 0 Å². The van der Waals surface area contributed by atoms with Crippen molar-refractivity contribution < 1.29 is 19.2 Å². The Morgan fingerprint density at radius 1 is 1.20 bits per heavy atom. The lowest BCUT2D eigenvalue weighted by molar-refractivity contribution is -0.175. The molecule has 138 valence electrons. The number of hydroxylamine groups is 2. The molecular formula is C19H28N2O4. The second kappa shape index (κ2) is 7.87. The highest BCUT2D eigenvalue weighted by Gasteiger charge is 2.38. The maximum absolute atomic E-state index is 12.6. The number of benzene rings is 1. The molecule has 1 fully saturated rings. The van der Waals surface area contributed by atoms with Gasteiger partial charge < -0.3 is 9.64 Å². The van der Waals surface area contributed by atoms with Crippen molar-refractivity contribution in [3.8, 4) is 0 Å². The fourth-order valence-electron chi connectivity index (χ4n) is 3.07. The van der Waals surface area contributed by atoms with Crippen LogP contribution in [0.3, 0.4) is 0 Å². The number of carbonyl (C=O) groups is 2. The zero-order valence-electron chi connectivity index (χ0n) is 15.7. The Kier molecular flexibility index (Phi) is 6.06. The van der Waals surface area contributed by atoms with Crippen molar-refractivity contribution in [2.75, 3.05) is 20.7 Å². The Balaban J connectivity index is 2.23. The van der Waals surface area contributed by atoms with Crippen LogP contribution in [0.15, 0.2) is 30.3 Å². The fraction of sp³-hybridized carbons (Fsp3) is 0.579. The highest BCUT2D eigenvalue weighted by Crippen LogP contribution is 2.36. The summed E-state index contributed by atoms with van der Waals surface area (Å²) in [5, 5.41) is 1.26. The second-order valence-corrected chi connectivity index (χ2v) is 7.34. The Morgan fingerprint density at radius 2 is 1.84 bits per heavy atom. The third kappa shape index (κ3) is 4.95. The molecule has 1 aromatic rings. The minimum atomic E-state index is -0.554. The van der Waals surface area contributed by atoms with E-state index in [-0.39, 0.29) is 24.0 Å². The van der Waals surface area contributed by atoms with E-state index in [2.05, 4.69) is 0 Å². The lowest BCUT2D eigenvalue weighted by Crippen LogP contribution is -2.46. The third-order valence-electron chi connectivity index (χ3n) is 4.35. The molecule has 2 atom stereocenters. The summed E-state index contributed by atoms with van der Waals surface area (Å²) in [6.45, 7) is 6.03. The van der Waals surface area contributed by atoms with E-state index in [1.807, 2.05) is 51.1 Å². The molecule has 0 aliphatic carbocycles. The van der Waals surface area contributed by atoms with Crippen LogP contribution in [0.5, 0.6) is 0 Å². The standard InChI is InChI=1S/C19H28N2O4/c1-19(2,3)25-18(23)21-12-11-15(17(22)20(4)24-5)13-16(21)14-9-7-6-8-10-14/h6-10,15-16H,11-13H2,1-5H3/t15-,16+/m1/s1. The SMILES string of the molecule is CON(C)C(=O)[C@@H]1CCN(C(=O)OC(C)(C)C)[C@H](c2ccccc2)C1. The fourth-order valence-corrected chi connectivity index (χ4v) is 3.07. The van der Waals surface area contributed by atoms with Gasteiger partial charge in [-0.1, -0.05) is 30.3 Å². The molecule has 2 amide bonds. The van der Waals surface area contributed by atoms with E-state index in [0.717, 1.165) is 5.56 Å². The van der Waals surface area contributed by atoms with Crippen molar-refractivity contribution in [1.82, 2.24) is 9.96 Å². The molecule has 6 nitrogen and oxygen atoms in total. The van der Waals surface area contributed by atoms with Crippen LogP contribution in [0.25, 0.3) is 0 Å². The molecule has 1 aliphatic rings. The van der Waals surface area contributed by atoms with Crippen molar-refractivity contribution in [3.05, 3.63) is 35.9 Å². The molecule has 0 aromatic heterocycles. The molecule has 0 bridgehead atoms. The van der Waals surface area contributed by atoms with Gasteiger partial charge in [-0.25, -0.2) is 9.86 Å². The molecule has 25 heavy (non-hydrogen) atoms. The number of likely N-dealkylation sites (tertiary alicyclic amines) is 1. The summed E-state index contributed by atoms with van der Waals surface area (Å²) in [5.41, 5.74) is 0.451. The van der Waals surface area contributed by atoms with Crippen molar-refractivity contribution >= 4 is 12.0 Å². The van der Waals surface area contributed by atoms with Crippen LogP contribution in [0.1, 0.15) is 45.2 Å². The number of rotatable bonds is 3. The first-order valence-electron chi connectivity index (χ1n) is 8.59. The second-order valence-electron chi connectivity index (χ2n) is 7.34. The van der Waals surface area contributed by atoms with Crippen LogP contribution in [-0.4, -0.2) is 48.3 Å². The zero-order valence-corrected chi connectivity index (χ0v) is 15.7. The van der Waals surface area contributed by atoms with Crippen LogP contribution >= 0.6 is 0 Å². The first-order valence-corrected chi connectivity index (χ1v) is 8.59. The highest BCUT2D eigenvalue weighted by atomic mass is 16.7. The Morgan fingerprint density at radius 3 is 2.40 bits per heavy atom. The lowest BCUT2D eigenvalue weighted by Gasteiger charge is -2.40. The molecule has 0 unspecified atom stereocenters. The van der Waals surface area contributed by atoms with Gasteiger partial charge in [-0.3, -0.25) is 9.63 Å². The summed E-state index contributed by atoms with van der Waals surface area (Å²) in [6, 6.07) is 9.59. The highest BCUT2D eigenvalue weighted by molar-refractivity contribution is 5.78. The van der Waals surface area contributed by atoms with E-state index in [4.69, 9.17) is 9.57 Å². The monoisotopic (exact) mass is 348 g/mol. The van der Waals surface area contributed by atoms with E-state index in [9.17, 15) is 9.59 Å². The van der Waals surface area contributed by atoms with E-state index in [0.29, 0.717) is 19.4 Å². The van der Waals surface area contributed by atoms with Crippen LogP contribution in [0.4, 0.5) is 4.79 Å². The molecule has 0 radical (unpaired) electrons. The predicted octanol–water partition coefficient (Wildman–Crippen LogP) is 3.39. The molecule has 1 aromatic carbocycles. The molecular weight excluding hydrogens is 320 g/mol. The number of nitrogens with zero attached hydrogens (tertiary/aromatic N) is 2. The van der Waals surface area contributed by atoms with E-state index >= 15 is 0 Å². The molecule has 1 aliphatic heterocycles. The van der Waals surface area contributed by atoms with Crippen LogP contribution in [-0.2, 0) is 14.4 Å².